The zero-order chi connectivity index (χ0) is 25.8. The number of carbonyl (C=O) groups is 1. The molecule has 0 saturated carbocycles. The van der Waals surface area contributed by atoms with Crippen molar-refractivity contribution in [2.45, 2.75) is 19.9 Å². The number of rotatable bonds is 8. The summed E-state index contributed by atoms with van der Waals surface area (Å²) in [5.74, 6) is 0.965. The van der Waals surface area contributed by atoms with Crippen molar-refractivity contribution < 1.29 is 4.79 Å². The Hall–Kier alpha value is -3.95. The van der Waals surface area contributed by atoms with Gasteiger partial charge in [0.15, 0.2) is 5.82 Å². The van der Waals surface area contributed by atoms with Gasteiger partial charge in [0.25, 0.3) is 0 Å². The summed E-state index contributed by atoms with van der Waals surface area (Å²) < 4.78 is 0.960. The van der Waals surface area contributed by atoms with Gasteiger partial charge in [-0.15, -0.1) is 11.3 Å². The molecule has 190 valence electrons. The number of nitrogens with zero attached hydrogens (tertiary/aromatic N) is 4. The van der Waals surface area contributed by atoms with Gasteiger partial charge in [-0.05, 0) is 73.8 Å². The highest BCUT2D eigenvalue weighted by atomic mass is 32.1. The van der Waals surface area contributed by atoms with E-state index in [1.807, 2.05) is 35.7 Å². The highest BCUT2D eigenvalue weighted by Gasteiger charge is 2.19. The van der Waals surface area contributed by atoms with Crippen LogP contribution in [0.4, 0.5) is 34.5 Å². The molecule has 0 aliphatic carbocycles. The lowest BCUT2D eigenvalue weighted by molar-refractivity contribution is -0.111. The smallest absolute Gasteiger partial charge is 0.247 e. The molecule has 9 heteroatoms. The Morgan fingerprint density at radius 3 is 2.46 bits per heavy atom. The molecule has 37 heavy (non-hydrogen) atoms. The van der Waals surface area contributed by atoms with Crippen LogP contribution in [0.5, 0.6) is 0 Å². The Bertz CT molecular complexity index is 1390. The third-order valence-corrected chi connectivity index (χ3v) is 7.33. The molecule has 8 nitrogen and oxygen atoms in total. The van der Waals surface area contributed by atoms with E-state index < -0.39 is 0 Å². The van der Waals surface area contributed by atoms with Crippen molar-refractivity contribution in [1.29, 1.82) is 0 Å². The molecule has 0 spiro atoms. The molecule has 0 bridgehead atoms. The van der Waals surface area contributed by atoms with Crippen LogP contribution in [0.1, 0.15) is 13.8 Å². The number of nitrogens with one attached hydrogen (secondary N) is 3. The first-order valence-corrected chi connectivity index (χ1v) is 13.3. The predicted octanol–water partition coefficient (Wildman–Crippen LogP) is 5.83. The molecule has 1 aliphatic heterocycles. The van der Waals surface area contributed by atoms with Gasteiger partial charge in [0.05, 0.1) is 10.2 Å². The molecular weight excluding hydrogens is 482 g/mol. The number of benzene rings is 2. The number of anilines is 6. The fourth-order valence-corrected chi connectivity index (χ4v) is 5.17. The van der Waals surface area contributed by atoms with Crippen LogP contribution in [-0.2, 0) is 4.79 Å². The maximum Gasteiger partial charge on any atom is 0.247 e. The van der Waals surface area contributed by atoms with Gasteiger partial charge in [-0.25, -0.2) is 4.98 Å². The quantitative estimate of drug-likeness (QED) is 0.256. The van der Waals surface area contributed by atoms with Crippen LogP contribution in [-0.4, -0.2) is 53.0 Å². The summed E-state index contributed by atoms with van der Waals surface area (Å²) in [6, 6.07) is 18.5. The van der Waals surface area contributed by atoms with Gasteiger partial charge >= 0.3 is 0 Å². The Morgan fingerprint density at radius 2 is 1.73 bits per heavy atom. The minimum absolute atomic E-state index is 0.254. The second kappa shape index (κ2) is 11.0. The van der Waals surface area contributed by atoms with E-state index in [4.69, 9.17) is 9.97 Å². The number of amides is 1. The van der Waals surface area contributed by atoms with E-state index in [2.05, 4.69) is 70.4 Å². The van der Waals surface area contributed by atoms with E-state index in [9.17, 15) is 4.79 Å². The van der Waals surface area contributed by atoms with Crippen LogP contribution < -0.4 is 20.9 Å². The SMILES string of the molecule is C=CC(=O)Nc1cccc(Nc2nc(Nc3ccc(N4CCN(C(C)C)CC4)cc3)nc3ccsc23)c1. The van der Waals surface area contributed by atoms with Gasteiger partial charge in [0.1, 0.15) is 0 Å². The van der Waals surface area contributed by atoms with Crippen molar-refractivity contribution in [3.8, 4) is 0 Å². The summed E-state index contributed by atoms with van der Waals surface area (Å²) >= 11 is 1.58. The van der Waals surface area contributed by atoms with Crippen LogP contribution >= 0.6 is 11.3 Å². The first kappa shape index (κ1) is 24.7. The molecule has 0 unspecified atom stereocenters. The predicted molar refractivity (Wildman–Crippen MR) is 155 cm³/mol. The van der Waals surface area contributed by atoms with E-state index in [1.165, 1.54) is 11.8 Å². The van der Waals surface area contributed by atoms with E-state index in [1.54, 1.807) is 11.3 Å². The number of hydrogen-bond acceptors (Lipinski definition) is 8. The second-order valence-electron chi connectivity index (χ2n) is 9.22. The zero-order valence-corrected chi connectivity index (χ0v) is 21.9. The van der Waals surface area contributed by atoms with Gasteiger partial charge in [0, 0.05) is 55.0 Å². The van der Waals surface area contributed by atoms with Crippen molar-refractivity contribution in [3.63, 3.8) is 0 Å². The third kappa shape index (κ3) is 5.90. The molecule has 2 aromatic heterocycles. The zero-order valence-electron chi connectivity index (χ0n) is 21.1. The molecule has 3 N–H and O–H groups in total. The first-order chi connectivity index (χ1) is 18.0. The minimum Gasteiger partial charge on any atom is -0.369 e. The van der Waals surface area contributed by atoms with Crippen LogP contribution in [0.15, 0.2) is 72.6 Å². The maximum absolute atomic E-state index is 11.7. The largest absolute Gasteiger partial charge is 0.369 e. The number of fused-ring (bicyclic) bond motifs is 1. The summed E-state index contributed by atoms with van der Waals surface area (Å²) in [5.41, 5.74) is 4.51. The lowest BCUT2D eigenvalue weighted by Crippen LogP contribution is -2.48. The molecule has 0 atom stereocenters. The number of hydrogen-bond donors (Lipinski definition) is 3. The van der Waals surface area contributed by atoms with Crippen molar-refractivity contribution in [1.82, 2.24) is 14.9 Å². The summed E-state index contributed by atoms with van der Waals surface area (Å²) in [6.07, 6.45) is 1.25. The number of aromatic nitrogens is 2. The molecular formula is C28H31N7OS. The first-order valence-electron chi connectivity index (χ1n) is 12.4. The normalized spacial score (nSPS) is 14.1. The van der Waals surface area contributed by atoms with Crippen molar-refractivity contribution in [3.05, 3.63) is 72.6 Å². The van der Waals surface area contributed by atoms with Crippen LogP contribution in [0, 0.1) is 0 Å². The van der Waals surface area contributed by atoms with Crippen LogP contribution in [0.2, 0.25) is 0 Å². The summed E-state index contributed by atoms with van der Waals surface area (Å²) in [7, 11) is 0. The fraction of sp³-hybridized carbons (Fsp3) is 0.250. The average molecular weight is 514 g/mol. The molecule has 1 aliphatic rings. The lowest BCUT2D eigenvalue weighted by Gasteiger charge is -2.38. The third-order valence-electron chi connectivity index (χ3n) is 6.41. The molecule has 5 rings (SSSR count). The minimum atomic E-state index is -0.254. The Balaban J connectivity index is 1.31. The van der Waals surface area contributed by atoms with Crippen molar-refractivity contribution >= 4 is 62.0 Å². The molecule has 0 radical (unpaired) electrons. The molecule has 3 heterocycles. The van der Waals surface area contributed by atoms with Crippen LogP contribution in [0.25, 0.3) is 10.2 Å². The highest BCUT2D eigenvalue weighted by Crippen LogP contribution is 2.31. The standard InChI is InChI=1S/C28H31N7OS/c1-4-25(36)29-21-6-5-7-22(18-21)30-27-26-24(12-17-37-26)32-28(33-27)31-20-8-10-23(11-9-20)35-15-13-34(14-16-35)19(2)3/h4-12,17-19H,1,13-16H2,2-3H3,(H,29,36)(H2,30,31,32,33). The van der Waals surface area contributed by atoms with Gasteiger partial charge in [-0.1, -0.05) is 12.6 Å². The van der Waals surface area contributed by atoms with E-state index in [0.717, 1.165) is 47.8 Å². The lowest BCUT2D eigenvalue weighted by atomic mass is 10.2. The fourth-order valence-electron chi connectivity index (χ4n) is 4.39. The number of piperazine rings is 1. The van der Waals surface area contributed by atoms with Crippen LogP contribution in [0.3, 0.4) is 0 Å². The monoisotopic (exact) mass is 513 g/mol. The number of carbonyl (C=O) groups excluding carboxylic acids is 1. The Morgan fingerprint density at radius 1 is 0.973 bits per heavy atom. The van der Waals surface area contributed by atoms with Gasteiger partial charge in [0.2, 0.25) is 11.9 Å². The molecule has 1 saturated heterocycles. The molecule has 1 amide bonds. The maximum atomic E-state index is 11.7. The topological polar surface area (TPSA) is 85.4 Å². The van der Waals surface area contributed by atoms with Gasteiger partial charge in [-0.3, -0.25) is 9.69 Å². The van der Waals surface area contributed by atoms with Gasteiger partial charge in [-0.2, -0.15) is 4.98 Å². The van der Waals surface area contributed by atoms with Crippen molar-refractivity contribution in [2.75, 3.05) is 47.0 Å². The second-order valence-corrected chi connectivity index (χ2v) is 10.1. The van der Waals surface area contributed by atoms with E-state index >= 15 is 0 Å². The molecule has 2 aromatic carbocycles. The summed E-state index contributed by atoms with van der Waals surface area (Å²) in [5, 5.41) is 11.5. The van der Waals surface area contributed by atoms with E-state index in [0.29, 0.717) is 23.5 Å². The van der Waals surface area contributed by atoms with E-state index in [-0.39, 0.29) is 5.91 Å². The van der Waals surface area contributed by atoms with Gasteiger partial charge < -0.3 is 20.9 Å². The molecule has 1 fully saturated rings. The van der Waals surface area contributed by atoms with Crippen molar-refractivity contribution in [2.24, 2.45) is 0 Å². The summed E-state index contributed by atoms with van der Waals surface area (Å²) in [4.78, 5) is 26.1. The molecule has 4 aromatic rings. The Labute approximate surface area is 221 Å². The average Bonchev–Trinajstić information content (AvgIpc) is 3.38. The summed E-state index contributed by atoms with van der Waals surface area (Å²) in [6.45, 7) is 12.3. The number of thiophene rings is 1. The highest BCUT2D eigenvalue weighted by molar-refractivity contribution is 7.17. The Kier molecular flexibility index (Phi) is 7.34.